The molecule has 8 heteroatoms. The molecule has 0 aliphatic carbocycles. The van der Waals surface area contributed by atoms with Gasteiger partial charge in [0.05, 0.1) is 15.7 Å². The van der Waals surface area contributed by atoms with Gasteiger partial charge in [0.25, 0.3) is 0 Å². The quantitative estimate of drug-likeness (QED) is 0.306. The van der Waals surface area contributed by atoms with Gasteiger partial charge in [0.2, 0.25) is 0 Å². The normalized spacial score (nSPS) is 11.8. The lowest BCUT2D eigenvalue weighted by Gasteiger charge is -2.11. The fraction of sp³-hybridized carbons (Fsp3) is 0.0952. The lowest BCUT2D eigenvalue weighted by molar-refractivity contribution is 0.486. The number of hydrogen-bond donors (Lipinski definition) is 0. The summed E-state index contributed by atoms with van der Waals surface area (Å²) in [4.78, 5) is 4.40. The molecule has 0 atom stereocenters. The van der Waals surface area contributed by atoms with Gasteiger partial charge >= 0.3 is 10.1 Å². The van der Waals surface area contributed by atoms with Crippen LogP contribution in [-0.4, -0.2) is 14.6 Å². The van der Waals surface area contributed by atoms with Gasteiger partial charge in [0, 0.05) is 11.2 Å². The Kier molecular flexibility index (Phi) is 6.54. The molecule has 0 heterocycles. The Morgan fingerprint density at radius 2 is 1.52 bits per heavy atom. The van der Waals surface area contributed by atoms with Crippen LogP contribution >= 0.6 is 34.8 Å². The topological polar surface area (TPSA) is 55.7 Å². The van der Waals surface area contributed by atoms with Crippen molar-refractivity contribution in [2.75, 3.05) is 0 Å². The first-order valence-electron chi connectivity index (χ1n) is 8.46. The molecule has 0 fully saturated rings. The van der Waals surface area contributed by atoms with Gasteiger partial charge in [-0.05, 0) is 73.0 Å². The Morgan fingerprint density at radius 1 is 0.897 bits per heavy atom. The van der Waals surface area contributed by atoms with Crippen molar-refractivity contribution in [1.82, 2.24) is 0 Å². The summed E-state index contributed by atoms with van der Waals surface area (Å²) in [6.45, 7) is 3.95. The number of nitrogens with zero attached hydrogens (tertiary/aromatic N) is 1. The summed E-state index contributed by atoms with van der Waals surface area (Å²) in [5.41, 5.74) is 3.55. The summed E-state index contributed by atoms with van der Waals surface area (Å²) in [5, 5.41) is 0.516. The van der Waals surface area contributed by atoms with E-state index in [1.54, 1.807) is 6.21 Å². The highest BCUT2D eigenvalue weighted by molar-refractivity contribution is 7.87. The first kappa shape index (κ1) is 21.7. The van der Waals surface area contributed by atoms with E-state index in [1.807, 2.05) is 32.0 Å². The van der Waals surface area contributed by atoms with Crippen LogP contribution in [0.25, 0.3) is 0 Å². The molecule has 0 unspecified atom stereocenters. The van der Waals surface area contributed by atoms with Crippen molar-refractivity contribution in [2.45, 2.75) is 18.7 Å². The van der Waals surface area contributed by atoms with E-state index in [0.29, 0.717) is 10.6 Å². The highest BCUT2D eigenvalue weighted by atomic mass is 35.5. The number of rotatable bonds is 5. The molecular weight excluding hydrogens is 453 g/mol. The second-order valence-corrected chi connectivity index (χ2v) is 9.15. The molecule has 0 saturated carbocycles. The van der Waals surface area contributed by atoms with E-state index in [-0.39, 0.29) is 20.7 Å². The fourth-order valence-corrected chi connectivity index (χ4v) is 4.26. The molecule has 3 rings (SSSR count). The summed E-state index contributed by atoms with van der Waals surface area (Å²) >= 11 is 18.3. The van der Waals surface area contributed by atoms with Crippen molar-refractivity contribution in [3.05, 3.63) is 86.4 Å². The molecule has 0 saturated heterocycles. The minimum atomic E-state index is -4.11. The van der Waals surface area contributed by atoms with Crippen molar-refractivity contribution in [3.8, 4) is 5.75 Å². The van der Waals surface area contributed by atoms with Gasteiger partial charge in [-0.25, -0.2) is 0 Å². The highest BCUT2D eigenvalue weighted by Crippen LogP contribution is 2.36. The maximum Gasteiger partial charge on any atom is 0.339 e. The van der Waals surface area contributed by atoms with Crippen LogP contribution in [-0.2, 0) is 10.1 Å². The van der Waals surface area contributed by atoms with Gasteiger partial charge in [-0.2, -0.15) is 8.42 Å². The second kappa shape index (κ2) is 8.76. The molecule has 0 spiro atoms. The van der Waals surface area contributed by atoms with Gasteiger partial charge < -0.3 is 4.18 Å². The van der Waals surface area contributed by atoms with Crippen LogP contribution in [0.3, 0.4) is 0 Å². The van der Waals surface area contributed by atoms with Crippen LogP contribution in [0.5, 0.6) is 5.75 Å². The van der Waals surface area contributed by atoms with Crippen molar-refractivity contribution in [3.63, 3.8) is 0 Å². The Labute approximate surface area is 184 Å². The number of benzene rings is 3. The summed E-state index contributed by atoms with van der Waals surface area (Å²) < 4.78 is 30.1. The smallest absolute Gasteiger partial charge is 0.339 e. The molecule has 4 nitrogen and oxygen atoms in total. The summed E-state index contributed by atoms with van der Waals surface area (Å²) in [7, 11) is -4.11. The number of halogens is 3. The van der Waals surface area contributed by atoms with E-state index in [4.69, 9.17) is 39.0 Å². The monoisotopic (exact) mass is 467 g/mol. The maximum absolute atomic E-state index is 12.5. The molecule has 0 radical (unpaired) electrons. The van der Waals surface area contributed by atoms with E-state index in [2.05, 4.69) is 4.99 Å². The SMILES string of the molecule is Cc1ccc(C)c(N=Cc2cc(Cl)c(OS(=O)(=O)c3ccc(Cl)cc3)c(Cl)c2)c1. The van der Waals surface area contributed by atoms with Crippen LogP contribution in [0.1, 0.15) is 16.7 Å². The zero-order valence-electron chi connectivity index (χ0n) is 15.5. The number of aliphatic imine (C=N–C) groups is 1. The molecule has 0 bridgehead atoms. The Balaban J connectivity index is 1.88. The van der Waals surface area contributed by atoms with E-state index < -0.39 is 10.1 Å². The summed E-state index contributed by atoms with van der Waals surface area (Å²) in [6, 6.07) is 14.6. The van der Waals surface area contributed by atoms with Gasteiger partial charge in [-0.15, -0.1) is 0 Å². The lowest BCUT2D eigenvalue weighted by Crippen LogP contribution is -2.10. The molecule has 0 N–H and O–H groups in total. The average Bonchev–Trinajstić information content (AvgIpc) is 2.66. The molecule has 3 aromatic carbocycles. The molecule has 150 valence electrons. The zero-order chi connectivity index (χ0) is 21.2. The third-order valence-electron chi connectivity index (χ3n) is 4.03. The molecule has 3 aromatic rings. The highest BCUT2D eigenvalue weighted by Gasteiger charge is 2.21. The van der Waals surface area contributed by atoms with Crippen LogP contribution in [0.15, 0.2) is 64.5 Å². The van der Waals surface area contributed by atoms with Crippen molar-refractivity contribution in [2.24, 2.45) is 4.99 Å². The van der Waals surface area contributed by atoms with Crippen LogP contribution in [0, 0.1) is 13.8 Å². The van der Waals surface area contributed by atoms with Gasteiger partial charge in [0.15, 0.2) is 5.75 Å². The van der Waals surface area contributed by atoms with Gasteiger partial charge in [0.1, 0.15) is 4.90 Å². The second-order valence-electron chi connectivity index (χ2n) is 6.35. The predicted molar refractivity (Wildman–Crippen MR) is 119 cm³/mol. The van der Waals surface area contributed by atoms with E-state index in [9.17, 15) is 8.42 Å². The largest absolute Gasteiger partial charge is 0.376 e. The maximum atomic E-state index is 12.5. The summed E-state index contributed by atoms with van der Waals surface area (Å²) in [5.74, 6) is -0.146. The molecule has 0 aliphatic heterocycles. The minimum absolute atomic E-state index is 0.0532. The average molecular weight is 469 g/mol. The van der Waals surface area contributed by atoms with Crippen molar-refractivity contribution >= 4 is 56.8 Å². The standard InChI is InChI=1S/C21H16Cl3NO3S/c1-13-3-4-14(2)20(9-13)25-12-15-10-18(23)21(19(24)11-15)28-29(26,27)17-7-5-16(22)6-8-17/h3-12H,1-2H3. The predicted octanol–water partition coefficient (Wildman–Crippen LogP) is 6.78. The number of hydrogen-bond acceptors (Lipinski definition) is 4. The molecule has 29 heavy (non-hydrogen) atoms. The first-order valence-corrected chi connectivity index (χ1v) is 11.0. The molecular formula is C21H16Cl3NO3S. The van der Waals surface area contributed by atoms with Crippen molar-refractivity contribution < 1.29 is 12.6 Å². The Bertz CT molecular complexity index is 1170. The molecule has 0 aromatic heterocycles. The van der Waals surface area contributed by atoms with Gasteiger partial charge in [-0.1, -0.05) is 46.9 Å². The molecule has 0 amide bonds. The molecule has 0 aliphatic rings. The van der Waals surface area contributed by atoms with Crippen LogP contribution < -0.4 is 4.18 Å². The minimum Gasteiger partial charge on any atom is -0.376 e. The number of aryl methyl sites for hydroxylation is 2. The van der Waals surface area contributed by atoms with E-state index >= 15 is 0 Å². The third kappa shape index (κ3) is 5.31. The lowest BCUT2D eigenvalue weighted by atomic mass is 10.1. The van der Waals surface area contributed by atoms with Crippen molar-refractivity contribution in [1.29, 1.82) is 0 Å². The zero-order valence-corrected chi connectivity index (χ0v) is 18.6. The fourth-order valence-electron chi connectivity index (χ4n) is 2.50. The van der Waals surface area contributed by atoms with Crippen LogP contribution in [0.4, 0.5) is 5.69 Å². The van der Waals surface area contributed by atoms with E-state index in [1.165, 1.54) is 36.4 Å². The van der Waals surface area contributed by atoms with Crippen LogP contribution in [0.2, 0.25) is 15.1 Å². The first-order chi connectivity index (χ1) is 13.7. The Morgan fingerprint density at radius 3 is 2.14 bits per heavy atom. The third-order valence-corrected chi connectivity index (χ3v) is 6.08. The summed E-state index contributed by atoms with van der Waals surface area (Å²) in [6.07, 6.45) is 1.61. The van der Waals surface area contributed by atoms with Gasteiger partial charge in [-0.3, -0.25) is 4.99 Å². The van der Waals surface area contributed by atoms with E-state index in [0.717, 1.165) is 16.8 Å². The Hall–Kier alpha value is -2.05.